The molecule has 1 saturated carbocycles. The minimum absolute atomic E-state index is 0. The lowest BCUT2D eigenvalue weighted by atomic mass is 9.74. The summed E-state index contributed by atoms with van der Waals surface area (Å²) in [6, 6.07) is 0. The fourth-order valence-electron chi connectivity index (χ4n) is 4.33. The number of rotatable bonds is 2. The van der Waals surface area contributed by atoms with Crippen molar-refractivity contribution in [2.75, 3.05) is 12.3 Å². The summed E-state index contributed by atoms with van der Waals surface area (Å²) in [6.45, 7) is 0.841. The van der Waals surface area contributed by atoms with E-state index in [1.54, 1.807) is 0 Å². The molecule has 0 N–H and O–H groups in total. The van der Waals surface area contributed by atoms with E-state index in [0.717, 1.165) is 37.3 Å². The number of carbonyl (C=O) groups excluding carboxylic acids is 1. The number of hydrogen-bond donors (Lipinski definition) is 0. The van der Waals surface area contributed by atoms with Crippen LogP contribution in [0.1, 0.15) is 38.5 Å². The van der Waals surface area contributed by atoms with Crippen LogP contribution in [0.4, 0.5) is 0 Å². The highest BCUT2D eigenvalue weighted by Crippen LogP contribution is 2.53. The van der Waals surface area contributed by atoms with E-state index >= 15 is 0 Å². The van der Waals surface area contributed by atoms with Crippen molar-refractivity contribution >= 4 is 35.8 Å². The molecular weight excluding hydrogens is 330 g/mol. The molecule has 2 heterocycles. The molecule has 1 saturated heterocycles. The molecule has 3 nitrogen and oxygen atoms in total. The average Bonchev–Trinajstić information content (AvgIpc) is 2.93. The standard InChI is InChI=1S/C18H23NO2S.ClH/c20-17(21-13-6-2-1-3-7-13)14-12-22-18-10-5-4-8-16(18)19-11-9-15(14)18;/h4-5,8,10,13-15H,1-3,6-7,9,11-12H2;1H. The van der Waals surface area contributed by atoms with Crippen LogP contribution in [-0.4, -0.2) is 34.8 Å². The van der Waals surface area contributed by atoms with Crippen LogP contribution in [0, 0.1) is 11.8 Å². The minimum Gasteiger partial charge on any atom is -0.462 e. The molecule has 2 aliphatic heterocycles. The Morgan fingerprint density at radius 2 is 2.04 bits per heavy atom. The molecule has 4 rings (SSSR count). The molecule has 0 aromatic rings. The van der Waals surface area contributed by atoms with Gasteiger partial charge in [0.15, 0.2) is 0 Å². The lowest BCUT2D eigenvalue weighted by molar-refractivity contribution is -0.156. The van der Waals surface area contributed by atoms with Crippen molar-refractivity contribution in [3.63, 3.8) is 0 Å². The molecule has 0 bridgehead atoms. The quantitative estimate of drug-likeness (QED) is 0.705. The highest BCUT2D eigenvalue weighted by molar-refractivity contribution is 8.02. The van der Waals surface area contributed by atoms with Gasteiger partial charge in [-0.2, -0.15) is 0 Å². The Morgan fingerprint density at radius 3 is 2.87 bits per heavy atom. The number of allylic oxidation sites excluding steroid dienone is 3. The Kier molecular flexibility index (Phi) is 5.22. The van der Waals surface area contributed by atoms with Crippen LogP contribution in [-0.2, 0) is 9.53 Å². The first-order valence-corrected chi connectivity index (χ1v) is 9.53. The molecule has 3 atom stereocenters. The molecule has 5 heteroatoms. The van der Waals surface area contributed by atoms with Crippen LogP contribution in [0.5, 0.6) is 0 Å². The number of ether oxygens (including phenoxy) is 1. The molecule has 1 spiro atoms. The predicted molar refractivity (Wildman–Crippen MR) is 97.6 cm³/mol. The second kappa shape index (κ2) is 7.02. The summed E-state index contributed by atoms with van der Waals surface area (Å²) >= 11 is 1.89. The minimum atomic E-state index is -0.0662. The summed E-state index contributed by atoms with van der Waals surface area (Å²) in [4.78, 5) is 17.4. The van der Waals surface area contributed by atoms with Crippen molar-refractivity contribution in [2.45, 2.75) is 49.4 Å². The first kappa shape index (κ1) is 17.1. The monoisotopic (exact) mass is 353 g/mol. The van der Waals surface area contributed by atoms with Gasteiger partial charge >= 0.3 is 5.97 Å². The third kappa shape index (κ3) is 3.00. The van der Waals surface area contributed by atoms with Gasteiger partial charge in [-0.3, -0.25) is 9.79 Å². The van der Waals surface area contributed by atoms with E-state index in [9.17, 15) is 4.79 Å². The number of nitrogens with zero attached hydrogens (tertiary/aromatic N) is 1. The second-order valence-electron chi connectivity index (χ2n) is 6.79. The maximum atomic E-state index is 12.7. The fraction of sp³-hybridized carbons (Fsp3) is 0.667. The van der Waals surface area contributed by atoms with Gasteiger partial charge in [0.25, 0.3) is 0 Å². The Hall–Kier alpha value is -0.740. The summed E-state index contributed by atoms with van der Waals surface area (Å²) < 4.78 is 5.80. The zero-order chi connectivity index (χ0) is 15.0. The van der Waals surface area contributed by atoms with Gasteiger partial charge in [-0.05, 0) is 44.1 Å². The average molecular weight is 354 g/mol. The van der Waals surface area contributed by atoms with Crippen molar-refractivity contribution in [2.24, 2.45) is 16.8 Å². The lowest BCUT2D eigenvalue weighted by Crippen LogP contribution is -2.45. The number of carbonyl (C=O) groups is 1. The van der Waals surface area contributed by atoms with Crippen molar-refractivity contribution in [3.8, 4) is 0 Å². The van der Waals surface area contributed by atoms with Crippen LogP contribution < -0.4 is 0 Å². The predicted octanol–water partition coefficient (Wildman–Crippen LogP) is 3.97. The number of halogens is 1. The zero-order valence-electron chi connectivity index (χ0n) is 13.3. The highest BCUT2D eigenvalue weighted by Gasteiger charge is 2.54. The molecule has 2 fully saturated rings. The van der Waals surface area contributed by atoms with E-state index in [1.165, 1.54) is 19.3 Å². The van der Waals surface area contributed by atoms with Gasteiger partial charge in [-0.1, -0.05) is 24.6 Å². The Morgan fingerprint density at radius 1 is 1.22 bits per heavy atom. The molecule has 126 valence electrons. The first-order valence-electron chi connectivity index (χ1n) is 8.55. The van der Waals surface area contributed by atoms with E-state index in [4.69, 9.17) is 9.73 Å². The molecule has 23 heavy (non-hydrogen) atoms. The largest absolute Gasteiger partial charge is 0.462 e. The SMILES string of the molecule is Cl.O=C(OC1CCCCC1)C1CSC23C=CC=CC2=NCCC13. The summed E-state index contributed by atoms with van der Waals surface area (Å²) in [5.41, 5.74) is 1.16. The topological polar surface area (TPSA) is 38.7 Å². The number of hydrogen-bond acceptors (Lipinski definition) is 4. The van der Waals surface area contributed by atoms with E-state index in [2.05, 4.69) is 24.3 Å². The number of esters is 1. The molecule has 2 aliphatic carbocycles. The number of aliphatic imine (C=N–C) groups is 1. The van der Waals surface area contributed by atoms with Crippen LogP contribution in [0.15, 0.2) is 29.3 Å². The van der Waals surface area contributed by atoms with Crippen molar-refractivity contribution < 1.29 is 9.53 Å². The summed E-state index contributed by atoms with van der Waals surface area (Å²) in [5, 5.41) is 0. The normalized spacial score (nSPS) is 35.7. The molecule has 0 radical (unpaired) electrons. The van der Waals surface area contributed by atoms with Crippen molar-refractivity contribution in [1.82, 2.24) is 0 Å². The summed E-state index contributed by atoms with van der Waals surface area (Å²) in [6.07, 6.45) is 15.5. The highest BCUT2D eigenvalue weighted by atomic mass is 35.5. The lowest BCUT2D eigenvalue weighted by Gasteiger charge is -2.38. The van der Waals surface area contributed by atoms with E-state index in [0.29, 0.717) is 5.92 Å². The van der Waals surface area contributed by atoms with Gasteiger partial charge in [-0.25, -0.2) is 0 Å². The number of thioether (sulfide) groups is 1. The van der Waals surface area contributed by atoms with Crippen LogP contribution >= 0.6 is 24.2 Å². The van der Waals surface area contributed by atoms with E-state index < -0.39 is 0 Å². The van der Waals surface area contributed by atoms with Gasteiger partial charge in [0.1, 0.15) is 6.10 Å². The first-order chi connectivity index (χ1) is 10.8. The van der Waals surface area contributed by atoms with Gasteiger partial charge < -0.3 is 4.74 Å². The van der Waals surface area contributed by atoms with Crippen LogP contribution in [0.2, 0.25) is 0 Å². The Balaban J connectivity index is 0.00000156. The maximum Gasteiger partial charge on any atom is 0.310 e. The van der Waals surface area contributed by atoms with Gasteiger partial charge in [-0.15, -0.1) is 24.2 Å². The Bertz CT molecular complexity index is 553. The van der Waals surface area contributed by atoms with Crippen LogP contribution in [0.25, 0.3) is 0 Å². The third-order valence-corrected chi connectivity index (χ3v) is 7.16. The summed E-state index contributed by atoms with van der Waals surface area (Å²) in [5.74, 6) is 1.30. The molecule has 0 amide bonds. The molecule has 0 aromatic heterocycles. The third-order valence-electron chi connectivity index (χ3n) is 5.51. The van der Waals surface area contributed by atoms with E-state index in [1.807, 2.05) is 11.8 Å². The van der Waals surface area contributed by atoms with Gasteiger partial charge in [0, 0.05) is 12.3 Å². The molecule has 0 aromatic carbocycles. The zero-order valence-corrected chi connectivity index (χ0v) is 14.9. The second-order valence-corrected chi connectivity index (χ2v) is 8.09. The van der Waals surface area contributed by atoms with Crippen molar-refractivity contribution in [1.29, 1.82) is 0 Å². The molecule has 3 unspecified atom stereocenters. The Labute approximate surface area is 148 Å². The smallest absolute Gasteiger partial charge is 0.310 e. The van der Waals surface area contributed by atoms with Crippen molar-refractivity contribution in [3.05, 3.63) is 24.3 Å². The molecule has 4 aliphatic rings. The molecular formula is C18H24ClNO2S. The summed E-state index contributed by atoms with van der Waals surface area (Å²) in [7, 11) is 0. The maximum absolute atomic E-state index is 12.7. The van der Waals surface area contributed by atoms with Gasteiger partial charge in [0.05, 0.1) is 16.4 Å². The fourth-order valence-corrected chi connectivity index (χ4v) is 6.10. The van der Waals surface area contributed by atoms with Gasteiger partial charge in [0.2, 0.25) is 0 Å². The van der Waals surface area contributed by atoms with Crippen LogP contribution in [0.3, 0.4) is 0 Å². The van der Waals surface area contributed by atoms with E-state index in [-0.39, 0.29) is 35.1 Å².